The lowest BCUT2D eigenvalue weighted by molar-refractivity contribution is -0.126. The van der Waals surface area contributed by atoms with Crippen LogP contribution in [0.4, 0.5) is 0 Å². The van der Waals surface area contributed by atoms with Crippen molar-refractivity contribution in [1.29, 1.82) is 0 Å². The molecule has 0 spiro atoms. The molecule has 1 saturated heterocycles. The lowest BCUT2D eigenvalue weighted by atomic mass is 9.96. The van der Waals surface area contributed by atoms with Crippen LogP contribution in [0.5, 0.6) is 5.75 Å². The number of piperidine rings is 1. The quantitative estimate of drug-likeness (QED) is 0.552. The molecular formula is C26H32N4O3. The highest BCUT2D eigenvalue weighted by atomic mass is 16.5. The second-order valence-corrected chi connectivity index (χ2v) is 8.91. The molecule has 1 aliphatic heterocycles. The number of amides is 1. The molecule has 0 radical (unpaired) electrons. The lowest BCUT2D eigenvalue weighted by Gasteiger charge is -2.30. The molecule has 2 heterocycles. The standard InChI is InChI=1S/C26H32N4O3/c1-18(2)32-22-9-6-8-20(15-22)16-27-26(31)21-11-13-30(14-12-21)17-24-28-25(29-33-24)23-10-5-4-7-19(23)3/h4-10,15,18,21H,11-14,16-17H2,1-3H3,(H,27,31). The summed E-state index contributed by atoms with van der Waals surface area (Å²) in [6.07, 6.45) is 1.77. The Morgan fingerprint density at radius 1 is 1.18 bits per heavy atom. The highest BCUT2D eigenvalue weighted by molar-refractivity contribution is 5.78. The maximum absolute atomic E-state index is 12.7. The van der Waals surface area contributed by atoms with Crippen LogP contribution in [0, 0.1) is 12.8 Å². The minimum Gasteiger partial charge on any atom is -0.491 e. The van der Waals surface area contributed by atoms with Gasteiger partial charge in [0.25, 0.3) is 0 Å². The van der Waals surface area contributed by atoms with E-state index in [1.165, 1.54) is 0 Å². The third-order valence-corrected chi connectivity index (χ3v) is 5.91. The number of rotatable bonds is 8. The molecule has 33 heavy (non-hydrogen) atoms. The van der Waals surface area contributed by atoms with E-state index in [-0.39, 0.29) is 17.9 Å². The van der Waals surface area contributed by atoms with Crippen LogP contribution in [0.2, 0.25) is 0 Å². The van der Waals surface area contributed by atoms with Crippen molar-refractivity contribution in [2.75, 3.05) is 13.1 Å². The molecule has 0 aliphatic carbocycles. The highest BCUT2D eigenvalue weighted by Crippen LogP contribution is 2.22. The van der Waals surface area contributed by atoms with Gasteiger partial charge in [-0.05, 0) is 70.0 Å². The SMILES string of the molecule is Cc1ccccc1-c1noc(CN2CCC(C(=O)NCc3cccc(OC(C)C)c3)CC2)n1. The Balaban J connectivity index is 1.24. The van der Waals surface area contributed by atoms with Crippen LogP contribution in [-0.4, -0.2) is 40.1 Å². The van der Waals surface area contributed by atoms with E-state index in [1.807, 2.05) is 69.3 Å². The van der Waals surface area contributed by atoms with Gasteiger partial charge in [-0.15, -0.1) is 0 Å². The van der Waals surface area contributed by atoms with E-state index in [0.29, 0.717) is 24.8 Å². The van der Waals surface area contributed by atoms with E-state index in [9.17, 15) is 4.79 Å². The molecule has 4 rings (SSSR count). The van der Waals surface area contributed by atoms with E-state index < -0.39 is 0 Å². The van der Waals surface area contributed by atoms with E-state index >= 15 is 0 Å². The van der Waals surface area contributed by atoms with E-state index in [4.69, 9.17) is 9.26 Å². The molecule has 1 N–H and O–H groups in total. The number of hydrogen-bond donors (Lipinski definition) is 1. The molecule has 1 aliphatic rings. The summed E-state index contributed by atoms with van der Waals surface area (Å²) in [4.78, 5) is 19.5. The largest absolute Gasteiger partial charge is 0.491 e. The molecule has 1 fully saturated rings. The van der Waals surface area contributed by atoms with Gasteiger partial charge in [0.15, 0.2) is 0 Å². The number of hydrogen-bond acceptors (Lipinski definition) is 6. The van der Waals surface area contributed by atoms with E-state index in [2.05, 4.69) is 20.4 Å². The normalized spacial score (nSPS) is 15.0. The topological polar surface area (TPSA) is 80.5 Å². The first-order valence-corrected chi connectivity index (χ1v) is 11.6. The first kappa shape index (κ1) is 23.0. The van der Waals surface area contributed by atoms with Crippen LogP contribution in [0.3, 0.4) is 0 Å². The molecule has 2 aromatic carbocycles. The van der Waals surface area contributed by atoms with Gasteiger partial charge in [-0.2, -0.15) is 4.98 Å². The molecule has 7 heteroatoms. The van der Waals surface area contributed by atoms with Crippen LogP contribution in [0.15, 0.2) is 53.1 Å². The number of benzene rings is 2. The summed E-state index contributed by atoms with van der Waals surface area (Å²) in [6, 6.07) is 15.9. The van der Waals surface area contributed by atoms with E-state index in [1.54, 1.807) is 0 Å². The average Bonchev–Trinajstić information content (AvgIpc) is 3.26. The van der Waals surface area contributed by atoms with Gasteiger partial charge in [-0.3, -0.25) is 9.69 Å². The third kappa shape index (κ3) is 6.20. The summed E-state index contributed by atoms with van der Waals surface area (Å²) >= 11 is 0. The second-order valence-electron chi connectivity index (χ2n) is 8.91. The number of nitrogens with zero attached hydrogens (tertiary/aromatic N) is 3. The lowest BCUT2D eigenvalue weighted by Crippen LogP contribution is -2.40. The number of aromatic nitrogens is 2. The molecule has 0 saturated carbocycles. The monoisotopic (exact) mass is 448 g/mol. The average molecular weight is 449 g/mol. The minimum absolute atomic E-state index is 0.0292. The predicted molar refractivity (Wildman–Crippen MR) is 127 cm³/mol. The summed E-state index contributed by atoms with van der Waals surface area (Å²) in [6.45, 7) is 8.83. The number of carbonyl (C=O) groups excluding carboxylic acids is 1. The van der Waals surface area contributed by atoms with Gasteiger partial charge < -0.3 is 14.6 Å². The second kappa shape index (κ2) is 10.6. The summed E-state index contributed by atoms with van der Waals surface area (Å²) < 4.78 is 11.2. The van der Waals surface area contributed by atoms with Gasteiger partial charge >= 0.3 is 0 Å². The molecule has 3 aromatic rings. The highest BCUT2D eigenvalue weighted by Gasteiger charge is 2.26. The van der Waals surface area contributed by atoms with Crippen LogP contribution in [0.1, 0.15) is 43.7 Å². The summed E-state index contributed by atoms with van der Waals surface area (Å²) in [5.74, 6) is 2.21. The molecule has 7 nitrogen and oxygen atoms in total. The summed E-state index contributed by atoms with van der Waals surface area (Å²) in [7, 11) is 0. The number of nitrogens with one attached hydrogen (secondary N) is 1. The maximum atomic E-state index is 12.7. The molecule has 0 atom stereocenters. The predicted octanol–water partition coefficient (Wildman–Crippen LogP) is 4.36. The number of aryl methyl sites for hydroxylation is 1. The van der Waals surface area contributed by atoms with Crippen molar-refractivity contribution in [3.63, 3.8) is 0 Å². The van der Waals surface area contributed by atoms with Crippen molar-refractivity contribution in [3.8, 4) is 17.1 Å². The molecule has 1 aromatic heterocycles. The Morgan fingerprint density at radius 3 is 2.73 bits per heavy atom. The van der Waals surface area contributed by atoms with Crippen molar-refractivity contribution in [3.05, 3.63) is 65.5 Å². The fraction of sp³-hybridized carbons (Fsp3) is 0.423. The fourth-order valence-corrected chi connectivity index (χ4v) is 4.13. The Hall–Kier alpha value is -3.19. The van der Waals surface area contributed by atoms with E-state index in [0.717, 1.165) is 48.4 Å². The maximum Gasteiger partial charge on any atom is 0.241 e. The minimum atomic E-state index is 0.0292. The first-order chi connectivity index (χ1) is 16.0. The Morgan fingerprint density at radius 2 is 1.97 bits per heavy atom. The van der Waals surface area contributed by atoms with Crippen LogP contribution >= 0.6 is 0 Å². The first-order valence-electron chi connectivity index (χ1n) is 11.6. The molecule has 0 bridgehead atoms. The van der Waals surface area contributed by atoms with Crippen LogP contribution < -0.4 is 10.1 Å². The molecular weight excluding hydrogens is 416 g/mol. The van der Waals surface area contributed by atoms with Gasteiger partial charge in [0.2, 0.25) is 17.6 Å². The van der Waals surface area contributed by atoms with Gasteiger partial charge in [-0.25, -0.2) is 0 Å². The molecule has 174 valence electrons. The third-order valence-electron chi connectivity index (χ3n) is 5.91. The van der Waals surface area contributed by atoms with Gasteiger partial charge in [0.1, 0.15) is 5.75 Å². The Bertz CT molecular complexity index is 1070. The molecule has 1 amide bonds. The zero-order chi connectivity index (χ0) is 23.2. The summed E-state index contributed by atoms with van der Waals surface area (Å²) in [5, 5.41) is 7.23. The molecule has 0 unspecified atom stereocenters. The number of likely N-dealkylation sites (tertiary alicyclic amines) is 1. The zero-order valence-corrected chi connectivity index (χ0v) is 19.6. The van der Waals surface area contributed by atoms with Crippen molar-refractivity contribution in [1.82, 2.24) is 20.4 Å². The van der Waals surface area contributed by atoms with Crippen LogP contribution in [-0.2, 0) is 17.9 Å². The number of ether oxygens (including phenoxy) is 1. The summed E-state index contributed by atoms with van der Waals surface area (Å²) in [5.41, 5.74) is 3.15. The fourth-order valence-electron chi connectivity index (χ4n) is 4.13. The van der Waals surface area contributed by atoms with Crippen molar-refractivity contribution < 1.29 is 14.1 Å². The number of carbonyl (C=O) groups is 1. The van der Waals surface area contributed by atoms with Crippen molar-refractivity contribution in [2.45, 2.75) is 52.8 Å². The Labute approximate surface area is 195 Å². The van der Waals surface area contributed by atoms with Crippen molar-refractivity contribution in [2.24, 2.45) is 5.92 Å². The smallest absolute Gasteiger partial charge is 0.241 e. The van der Waals surface area contributed by atoms with Gasteiger partial charge in [0, 0.05) is 18.0 Å². The van der Waals surface area contributed by atoms with Gasteiger partial charge in [-0.1, -0.05) is 41.6 Å². The van der Waals surface area contributed by atoms with Crippen LogP contribution in [0.25, 0.3) is 11.4 Å². The van der Waals surface area contributed by atoms with Gasteiger partial charge in [0.05, 0.1) is 12.6 Å². The Kier molecular flexibility index (Phi) is 7.40. The zero-order valence-electron chi connectivity index (χ0n) is 19.6. The van der Waals surface area contributed by atoms with Crippen molar-refractivity contribution >= 4 is 5.91 Å².